The van der Waals surface area contributed by atoms with Crippen molar-refractivity contribution in [3.8, 4) is 6.01 Å². The Kier molecular flexibility index (Phi) is 5.14. The molecule has 0 bridgehead atoms. The molecule has 1 N–H and O–H groups in total. The zero-order chi connectivity index (χ0) is 13.8. The highest BCUT2D eigenvalue weighted by molar-refractivity contribution is 6.28. The van der Waals surface area contributed by atoms with E-state index in [9.17, 15) is 0 Å². The average molecular weight is 273 g/mol. The molecule has 5 nitrogen and oxygen atoms in total. The van der Waals surface area contributed by atoms with E-state index in [1.807, 2.05) is 6.92 Å². The van der Waals surface area contributed by atoms with Crippen LogP contribution < -0.4 is 10.1 Å². The molecule has 0 atom stereocenters. The van der Waals surface area contributed by atoms with E-state index in [-0.39, 0.29) is 16.7 Å². The summed E-state index contributed by atoms with van der Waals surface area (Å²) in [5.41, 5.74) is 0.144. The molecule has 1 heterocycles. The standard InChI is InChI=1S/C12H21ClN4O/c1-6-18-11-16-9(13)15-10(17-11)14-7-12(4,5)8(2)3/h8H,6-7H2,1-5H3,(H,14,15,16,17). The highest BCUT2D eigenvalue weighted by Crippen LogP contribution is 2.26. The Morgan fingerprint density at radius 2 is 1.94 bits per heavy atom. The molecule has 0 aliphatic heterocycles. The molecular weight excluding hydrogens is 252 g/mol. The zero-order valence-electron chi connectivity index (χ0n) is 11.6. The van der Waals surface area contributed by atoms with Crippen LogP contribution in [0.5, 0.6) is 6.01 Å². The molecule has 0 saturated heterocycles. The van der Waals surface area contributed by atoms with Crippen molar-refractivity contribution in [2.45, 2.75) is 34.6 Å². The molecule has 102 valence electrons. The van der Waals surface area contributed by atoms with Crippen molar-refractivity contribution in [1.29, 1.82) is 0 Å². The molecule has 6 heteroatoms. The van der Waals surface area contributed by atoms with Gasteiger partial charge in [0.2, 0.25) is 11.2 Å². The topological polar surface area (TPSA) is 59.9 Å². The minimum Gasteiger partial charge on any atom is -0.464 e. The SMILES string of the molecule is CCOc1nc(Cl)nc(NCC(C)(C)C(C)C)n1. The minimum absolute atomic E-state index is 0.137. The number of hydrogen-bond acceptors (Lipinski definition) is 5. The molecule has 0 spiro atoms. The lowest BCUT2D eigenvalue weighted by Crippen LogP contribution is -2.29. The summed E-state index contributed by atoms with van der Waals surface area (Å²) in [4.78, 5) is 12.1. The van der Waals surface area contributed by atoms with E-state index in [1.54, 1.807) is 0 Å². The van der Waals surface area contributed by atoms with Crippen molar-refractivity contribution in [3.63, 3.8) is 0 Å². The number of aromatic nitrogens is 3. The molecule has 0 radical (unpaired) electrons. The van der Waals surface area contributed by atoms with Gasteiger partial charge in [-0.1, -0.05) is 27.7 Å². The third-order valence-electron chi connectivity index (χ3n) is 3.13. The number of anilines is 1. The fraction of sp³-hybridized carbons (Fsp3) is 0.750. The third kappa shape index (κ3) is 4.29. The van der Waals surface area contributed by atoms with Gasteiger partial charge in [-0.3, -0.25) is 0 Å². The van der Waals surface area contributed by atoms with Crippen LogP contribution in [-0.2, 0) is 0 Å². The van der Waals surface area contributed by atoms with E-state index in [2.05, 4.69) is 48.0 Å². The first kappa shape index (κ1) is 15.0. The predicted molar refractivity (Wildman–Crippen MR) is 73.1 cm³/mol. The normalized spacial score (nSPS) is 11.7. The van der Waals surface area contributed by atoms with Crippen LogP contribution in [0.25, 0.3) is 0 Å². The van der Waals surface area contributed by atoms with Crippen molar-refractivity contribution in [2.24, 2.45) is 11.3 Å². The highest BCUT2D eigenvalue weighted by Gasteiger charge is 2.22. The summed E-state index contributed by atoms with van der Waals surface area (Å²) in [7, 11) is 0. The van der Waals surface area contributed by atoms with Gasteiger partial charge >= 0.3 is 6.01 Å². The van der Waals surface area contributed by atoms with Gasteiger partial charge in [0.15, 0.2) is 0 Å². The Balaban J connectivity index is 2.73. The average Bonchev–Trinajstić information content (AvgIpc) is 2.26. The maximum absolute atomic E-state index is 5.82. The molecule has 0 aliphatic carbocycles. The second kappa shape index (κ2) is 6.18. The number of rotatable bonds is 6. The van der Waals surface area contributed by atoms with Gasteiger partial charge in [0.25, 0.3) is 0 Å². The lowest BCUT2D eigenvalue weighted by molar-refractivity contribution is 0.268. The molecule has 0 aromatic carbocycles. The van der Waals surface area contributed by atoms with Gasteiger partial charge in [-0.25, -0.2) is 0 Å². The number of halogens is 1. The van der Waals surface area contributed by atoms with Crippen LogP contribution in [0.15, 0.2) is 0 Å². The third-order valence-corrected chi connectivity index (χ3v) is 3.30. The lowest BCUT2D eigenvalue weighted by atomic mass is 9.81. The van der Waals surface area contributed by atoms with Gasteiger partial charge in [0.05, 0.1) is 6.61 Å². The van der Waals surface area contributed by atoms with Crippen molar-refractivity contribution in [3.05, 3.63) is 5.28 Å². The fourth-order valence-electron chi connectivity index (χ4n) is 1.12. The minimum atomic E-state index is 0.137. The molecule has 0 unspecified atom stereocenters. The van der Waals surface area contributed by atoms with Gasteiger partial charge in [-0.05, 0) is 29.9 Å². The molecule has 18 heavy (non-hydrogen) atoms. The van der Waals surface area contributed by atoms with Crippen LogP contribution in [0.1, 0.15) is 34.6 Å². The first-order valence-corrected chi connectivity index (χ1v) is 6.51. The van der Waals surface area contributed by atoms with E-state index in [0.717, 1.165) is 6.54 Å². The van der Waals surface area contributed by atoms with Gasteiger partial charge in [-0.15, -0.1) is 0 Å². The van der Waals surface area contributed by atoms with E-state index in [1.165, 1.54) is 0 Å². The van der Waals surface area contributed by atoms with Gasteiger partial charge < -0.3 is 10.1 Å². The Morgan fingerprint density at radius 1 is 1.28 bits per heavy atom. The number of hydrogen-bond donors (Lipinski definition) is 1. The molecule has 1 aromatic rings. The summed E-state index contributed by atoms with van der Waals surface area (Å²) in [5, 5.41) is 3.32. The monoisotopic (exact) mass is 272 g/mol. The summed E-state index contributed by atoms with van der Waals surface area (Å²) in [6.07, 6.45) is 0. The van der Waals surface area contributed by atoms with Crippen LogP contribution in [-0.4, -0.2) is 28.1 Å². The first-order chi connectivity index (χ1) is 8.35. The largest absolute Gasteiger partial charge is 0.464 e. The van der Waals surface area contributed by atoms with Crippen molar-refractivity contribution in [1.82, 2.24) is 15.0 Å². The summed E-state index contributed by atoms with van der Waals surface area (Å²) in [5.74, 6) is 1.00. The summed E-state index contributed by atoms with van der Waals surface area (Å²) < 4.78 is 5.22. The lowest BCUT2D eigenvalue weighted by Gasteiger charge is -2.29. The summed E-state index contributed by atoms with van der Waals surface area (Å²) in [6.45, 7) is 11.9. The Morgan fingerprint density at radius 3 is 2.50 bits per heavy atom. The van der Waals surface area contributed by atoms with Crippen LogP contribution in [0.4, 0.5) is 5.95 Å². The smallest absolute Gasteiger partial charge is 0.322 e. The molecule has 1 rings (SSSR count). The first-order valence-electron chi connectivity index (χ1n) is 6.13. The molecule has 1 aromatic heterocycles. The molecule has 0 aliphatic rings. The Labute approximate surface area is 113 Å². The van der Waals surface area contributed by atoms with Crippen molar-refractivity contribution >= 4 is 17.5 Å². The molecule has 0 fully saturated rings. The predicted octanol–water partition coefficient (Wildman–Crippen LogP) is 3.02. The Hall–Kier alpha value is -1.10. The number of nitrogens with one attached hydrogen (secondary N) is 1. The van der Waals surface area contributed by atoms with Gasteiger partial charge in [-0.2, -0.15) is 15.0 Å². The molecule has 0 saturated carbocycles. The van der Waals surface area contributed by atoms with Crippen LogP contribution >= 0.6 is 11.6 Å². The van der Waals surface area contributed by atoms with E-state index >= 15 is 0 Å². The number of ether oxygens (including phenoxy) is 1. The second-order valence-corrected chi connectivity index (χ2v) is 5.48. The van der Waals surface area contributed by atoms with E-state index < -0.39 is 0 Å². The Bertz CT molecular complexity index is 396. The molecular formula is C12H21ClN4O. The summed E-state index contributed by atoms with van der Waals surface area (Å²) >= 11 is 5.82. The van der Waals surface area contributed by atoms with Crippen LogP contribution in [0.3, 0.4) is 0 Å². The highest BCUT2D eigenvalue weighted by atomic mass is 35.5. The summed E-state index contributed by atoms with van der Waals surface area (Å²) in [6, 6.07) is 0.252. The second-order valence-electron chi connectivity index (χ2n) is 5.14. The maximum Gasteiger partial charge on any atom is 0.322 e. The van der Waals surface area contributed by atoms with Crippen molar-refractivity contribution in [2.75, 3.05) is 18.5 Å². The van der Waals surface area contributed by atoms with E-state index in [4.69, 9.17) is 16.3 Å². The quantitative estimate of drug-likeness (QED) is 0.863. The van der Waals surface area contributed by atoms with Gasteiger partial charge in [0, 0.05) is 6.54 Å². The van der Waals surface area contributed by atoms with Crippen LogP contribution in [0, 0.1) is 11.3 Å². The van der Waals surface area contributed by atoms with Crippen molar-refractivity contribution < 1.29 is 4.74 Å². The van der Waals surface area contributed by atoms with Gasteiger partial charge in [0.1, 0.15) is 0 Å². The maximum atomic E-state index is 5.82. The van der Waals surface area contributed by atoms with Crippen LogP contribution in [0.2, 0.25) is 5.28 Å². The fourth-order valence-corrected chi connectivity index (χ4v) is 1.27. The van der Waals surface area contributed by atoms with E-state index in [0.29, 0.717) is 18.5 Å². The molecule has 0 amide bonds. The number of nitrogens with zero attached hydrogens (tertiary/aromatic N) is 3. The zero-order valence-corrected chi connectivity index (χ0v) is 12.4.